The number of imide groups is 1. The smallest absolute Gasteiger partial charge is 0.328 e. The minimum absolute atomic E-state index is 0.0765. The molecule has 1 heterocycles. The normalized spacial score (nSPS) is 21.7. The molecule has 6 nitrogen and oxygen atoms in total. The predicted molar refractivity (Wildman–Crippen MR) is 64.9 cm³/mol. The van der Waals surface area contributed by atoms with Crippen LogP contribution in [0.4, 0.5) is 4.79 Å². The average molecular weight is 254 g/mol. The minimum Gasteiger partial charge on any atom is -0.480 e. The van der Waals surface area contributed by atoms with E-state index in [0.29, 0.717) is 0 Å². The Morgan fingerprint density at radius 1 is 1.44 bits per heavy atom. The number of urea groups is 1. The number of aliphatic carboxylic acids is 1. The molecule has 1 N–H and O–H groups in total. The van der Waals surface area contributed by atoms with Gasteiger partial charge in [0.25, 0.3) is 5.91 Å². The Morgan fingerprint density at radius 3 is 2.39 bits per heavy atom. The largest absolute Gasteiger partial charge is 0.480 e. The van der Waals surface area contributed by atoms with Gasteiger partial charge in [-0.25, -0.2) is 14.5 Å². The number of carboxylic acids is 1. The molecule has 0 radical (unpaired) electrons. The molecule has 0 bridgehead atoms. The molecule has 6 heteroatoms. The molecule has 1 fully saturated rings. The molecule has 0 aromatic heterocycles. The van der Waals surface area contributed by atoms with Crippen molar-refractivity contribution >= 4 is 17.9 Å². The van der Waals surface area contributed by atoms with Crippen LogP contribution in [0.5, 0.6) is 0 Å². The van der Waals surface area contributed by atoms with Gasteiger partial charge in [-0.1, -0.05) is 19.9 Å². The molecule has 1 aliphatic heterocycles. The third-order valence-corrected chi connectivity index (χ3v) is 2.98. The molecule has 0 aromatic rings. The first-order valence-corrected chi connectivity index (χ1v) is 5.80. The number of hydrogen-bond acceptors (Lipinski definition) is 3. The number of carbonyl (C=O) groups excluding carboxylic acids is 2. The van der Waals surface area contributed by atoms with Crippen LogP contribution in [0.3, 0.4) is 0 Å². The molecule has 3 amide bonds. The van der Waals surface area contributed by atoms with Crippen LogP contribution in [-0.2, 0) is 9.59 Å². The summed E-state index contributed by atoms with van der Waals surface area (Å²) in [5.41, 5.74) is 0. The van der Waals surface area contributed by atoms with Gasteiger partial charge in [0.15, 0.2) is 0 Å². The Morgan fingerprint density at radius 2 is 2.00 bits per heavy atom. The lowest BCUT2D eigenvalue weighted by Gasteiger charge is -2.22. The lowest BCUT2D eigenvalue weighted by Crippen LogP contribution is -2.44. The zero-order chi connectivity index (χ0) is 14.0. The van der Waals surface area contributed by atoms with E-state index in [1.54, 1.807) is 0 Å². The molecule has 2 unspecified atom stereocenters. The summed E-state index contributed by atoms with van der Waals surface area (Å²) in [5, 5.41) is 8.93. The Labute approximate surface area is 106 Å². The van der Waals surface area contributed by atoms with Crippen molar-refractivity contribution in [1.29, 1.82) is 0 Å². The maximum Gasteiger partial charge on any atom is 0.328 e. The van der Waals surface area contributed by atoms with Gasteiger partial charge >= 0.3 is 12.0 Å². The Kier molecular flexibility index (Phi) is 4.11. The van der Waals surface area contributed by atoms with Crippen LogP contribution in [0.2, 0.25) is 0 Å². The minimum atomic E-state index is -1.19. The van der Waals surface area contributed by atoms with E-state index >= 15 is 0 Å². The third kappa shape index (κ3) is 2.23. The van der Waals surface area contributed by atoms with Gasteiger partial charge in [-0.3, -0.25) is 4.79 Å². The van der Waals surface area contributed by atoms with Gasteiger partial charge in [-0.15, -0.1) is 6.58 Å². The molecule has 0 aromatic carbocycles. The van der Waals surface area contributed by atoms with Crippen molar-refractivity contribution in [2.24, 2.45) is 5.92 Å². The van der Waals surface area contributed by atoms with E-state index in [9.17, 15) is 14.4 Å². The average Bonchev–Trinajstić information content (AvgIpc) is 2.50. The molecule has 2 atom stereocenters. The maximum atomic E-state index is 12.2. The highest BCUT2D eigenvalue weighted by molar-refractivity contribution is 6.06. The van der Waals surface area contributed by atoms with Crippen molar-refractivity contribution in [3.8, 4) is 0 Å². The Balaban J connectivity index is 3.10. The third-order valence-electron chi connectivity index (χ3n) is 2.98. The van der Waals surface area contributed by atoms with E-state index in [0.717, 1.165) is 4.90 Å². The van der Waals surface area contributed by atoms with Gasteiger partial charge in [0, 0.05) is 6.54 Å². The molecule has 1 saturated heterocycles. The van der Waals surface area contributed by atoms with Crippen molar-refractivity contribution in [2.75, 3.05) is 6.54 Å². The molecular weight excluding hydrogens is 236 g/mol. The molecule has 0 spiro atoms. The lowest BCUT2D eigenvalue weighted by atomic mass is 10.0. The maximum absolute atomic E-state index is 12.2. The Hall–Kier alpha value is -1.85. The van der Waals surface area contributed by atoms with Crippen molar-refractivity contribution in [2.45, 2.75) is 32.9 Å². The van der Waals surface area contributed by atoms with Gasteiger partial charge in [0.2, 0.25) is 0 Å². The lowest BCUT2D eigenvalue weighted by molar-refractivity contribution is -0.146. The number of amides is 3. The highest BCUT2D eigenvalue weighted by Gasteiger charge is 2.49. The fourth-order valence-electron chi connectivity index (χ4n) is 2.07. The van der Waals surface area contributed by atoms with Crippen molar-refractivity contribution in [3.63, 3.8) is 0 Å². The Bertz CT molecular complexity index is 392. The van der Waals surface area contributed by atoms with Crippen LogP contribution < -0.4 is 0 Å². The van der Waals surface area contributed by atoms with Gasteiger partial charge in [-0.2, -0.15) is 0 Å². The molecule has 18 heavy (non-hydrogen) atoms. The fraction of sp³-hybridized carbons (Fsp3) is 0.583. The topological polar surface area (TPSA) is 77.9 Å². The predicted octanol–water partition coefficient (Wildman–Crippen LogP) is 0.934. The first-order chi connectivity index (χ1) is 8.32. The molecule has 100 valence electrons. The van der Waals surface area contributed by atoms with E-state index in [4.69, 9.17) is 5.11 Å². The van der Waals surface area contributed by atoms with Gasteiger partial charge in [0.05, 0.1) is 0 Å². The van der Waals surface area contributed by atoms with Crippen LogP contribution in [0.15, 0.2) is 12.7 Å². The quantitative estimate of drug-likeness (QED) is 0.585. The summed E-state index contributed by atoms with van der Waals surface area (Å²) in [5.74, 6) is -1.72. The van der Waals surface area contributed by atoms with Crippen LogP contribution >= 0.6 is 0 Å². The number of rotatable bonds is 5. The highest BCUT2D eigenvalue weighted by atomic mass is 16.4. The number of carbonyl (C=O) groups is 3. The van der Waals surface area contributed by atoms with Crippen LogP contribution in [0, 0.1) is 5.92 Å². The fourth-order valence-corrected chi connectivity index (χ4v) is 2.07. The zero-order valence-corrected chi connectivity index (χ0v) is 10.8. The number of carboxylic acid groups (broad SMARTS) is 1. The standard InChI is InChI=1S/C12H18N2O4/c1-5-6-13-9(7(2)3)10(15)14(12(13)18)8(4)11(16)17/h5,7-9H,1,6H2,2-4H3,(H,16,17). The number of hydrogen-bond donors (Lipinski definition) is 1. The molecular formula is C12H18N2O4. The SMILES string of the molecule is C=CCN1C(=O)N(C(C)C(=O)O)C(=O)C1C(C)C. The van der Waals surface area contributed by atoms with Crippen molar-refractivity contribution in [1.82, 2.24) is 9.80 Å². The van der Waals surface area contributed by atoms with E-state index in [2.05, 4.69) is 6.58 Å². The molecule has 0 saturated carbocycles. The summed E-state index contributed by atoms with van der Waals surface area (Å²) in [6, 6.07) is -2.33. The van der Waals surface area contributed by atoms with Crippen LogP contribution in [0.1, 0.15) is 20.8 Å². The van der Waals surface area contributed by atoms with Gasteiger partial charge in [-0.05, 0) is 12.8 Å². The van der Waals surface area contributed by atoms with Crippen molar-refractivity contribution in [3.05, 3.63) is 12.7 Å². The summed E-state index contributed by atoms with van der Waals surface area (Å²) < 4.78 is 0. The van der Waals surface area contributed by atoms with E-state index in [1.807, 2.05) is 13.8 Å². The first kappa shape index (κ1) is 14.2. The van der Waals surface area contributed by atoms with Crippen molar-refractivity contribution < 1.29 is 19.5 Å². The molecule has 1 rings (SSSR count). The van der Waals surface area contributed by atoms with Crippen LogP contribution in [0.25, 0.3) is 0 Å². The monoisotopic (exact) mass is 254 g/mol. The second kappa shape index (κ2) is 5.20. The molecule has 1 aliphatic rings. The van der Waals surface area contributed by atoms with Crippen LogP contribution in [-0.4, -0.2) is 51.4 Å². The second-order valence-electron chi connectivity index (χ2n) is 4.63. The zero-order valence-electron chi connectivity index (χ0n) is 10.8. The summed E-state index contributed by atoms with van der Waals surface area (Å²) in [6.45, 7) is 8.74. The molecule has 0 aliphatic carbocycles. The van der Waals surface area contributed by atoms with E-state index < -0.39 is 30.0 Å². The first-order valence-electron chi connectivity index (χ1n) is 5.80. The van der Waals surface area contributed by atoms with E-state index in [-0.39, 0.29) is 12.5 Å². The summed E-state index contributed by atoms with van der Waals surface area (Å²) in [6.07, 6.45) is 1.52. The highest BCUT2D eigenvalue weighted by Crippen LogP contribution is 2.25. The summed E-state index contributed by atoms with van der Waals surface area (Å²) >= 11 is 0. The summed E-state index contributed by atoms with van der Waals surface area (Å²) in [7, 11) is 0. The van der Waals surface area contributed by atoms with E-state index in [1.165, 1.54) is 17.9 Å². The summed E-state index contributed by atoms with van der Waals surface area (Å²) in [4.78, 5) is 37.4. The second-order valence-corrected chi connectivity index (χ2v) is 4.63. The van der Waals surface area contributed by atoms with Gasteiger partial charge < -0.3 is 10.0 Å². The number of nitrogens with zero attached hydrogens (tertiary/aromatic N) is 2. The van der Waals surface area contributed by atoms with Gasteiger partial charge in [0.1, 0.15) is 12.1 Å².